The summed E-state index contributed by atoms with van der Waals surface area (Å²) in [5.74, 6) is -1.38. The molecule has 112 valence electrons. The van der Waals surface area contributed by atoms with Crippen LogP contribution in [0.25, 0.3) is 0 Å². The largest absolute Gasteiger partial charge is 0.465 e. The molecule has 0 unspecified atom stereocenters. The Kier molecular flexibility index (Phi) is 6.22. The molecule has 6 nitrogen and oxygen atoms in total. The van der Waals surface area contributed by atoms with E-state index >= 15 is 0 Å². The molecule has 0 amide bonds. The van der Waals surface area contributed by atoms with Gasteiger partial charge in [0, 0.05) is 12.1 Å². The van der Waals surface area contributed by atoms with E-state index in [0.29, 0.717) is 0 Å². The zero-order chi connectivity index (χ0) is 14.4. The molecule has 0 aromatic rings. The van der Waals surface area contributed by atoms with Crippen LogP contribution in [-0.4, -0.2) is 38.8 Å². The van der Waals surface area contributed by atoms with Crippen LogP contribution in [0, 0.1) is 0 Å². The van der Waals surface area contributed by atoms with Crippen LogP contribution in [0.3, 0.4) is 0 Å². The first-order valence-corrected chi connectivity index (χ1v) is 8.44. The van der Waals surface area contributed by atoms with Crippen molar-refractivity contribution >= 4 is 16.0 Å². The second kappa shape index (κ2) is 7.21. The summed E-state index contributed by atoms with van der Waals surface area (Å²) < 4.78 is 30.5. The molecule has 1 fully saturated rings. The van der Waals surface area contributed by atoms with Gasteiger partial charge in [-0.2, -0.15) is 0 Å². The van der Waals surface area contributed by atoms with Gasteiger partial charge < -0.3 is 10.5 Å². The number of sulfonamides is 1. The molecule has 0 bridgehead atoms. The first-order chi connectivity index (χ1) is 8.87. The molecule has 0 radical (unpaired) electrons. The van der Waals surface area contributed by atoms with Crippen LogP contribution in [0.15, 0.2) is 0 Å². The quantitative estimate of drug-likeness (QED) is 0.549. The van der Waals surface area contributed by atoms with Gasteiger partial charge in [0.25, 0.3) is 0 Å². The van der Waals surface area contributed by atoms with Gasteiger partial charge in [0.05, 0.1) is 6.61 Å². The third-order valence-corrected chi connectivity index (χ3v) is 4.56. The number of carbonyl (C=O) groups excluding carboxylic acids is 1. The maximum absolute atomic E-state index is 11.7. The van der Waals surface area contributed by atoms with Gasteiger partial charge >= 0.3 is 5.97 Å². The molecule has 1 aliphatic rings. The predicted molar refractivity (Wildman–Crippen MR) is 73.0 cm³/mol. The van der Waals surface area contributed by atoms with Gasteiger partial charge in [-0.15, -0.1) is 0 Å². The lowest BCUT2D eigenvalue weighted by molar-refractivity contribution is -0.139. The fraction of sp³-hybridized carbons (Fsp3) is 0.917. The predicted octanol–water partition coefficient (Wildman–Crippen LogP) is 0.521. The first kappa shape index (κ1) is 16.4. The van der Waals surface area contributed by atoms with Crippen molar-refractivity contribution in [2.24, 2.45) is 5.73 Å². The van der Waals surface area contributed by atoms with Crippen LogP contribution < -0.4 is 10.5 Å². The average molecular weight is 292 g/mol. The summed E-state index contributed by atoms with van der Waals surface area (Å²) in [5.41, 5.74) is 5.72. The Morgan fingerprint density at radius 2 is 1.84 bits per heavy atom. The Morgan fingerprint density at radius 1 is 1.26 bits per heavy atom. The van der Waals surface area contributed by atoms with Crippen LogP contribution in [-0.2, 0) is 19.6 Å². The van der Waals surface area contributed by atoms with Crippen LogP contribution in [0.4, 0.5) is 0 Å². The molecule has 1 aliphatic carbocycles. The van der Waals surface area contributed by atoms with Crippen LogP contribution >= 0.6 is 0 Å². The number of carbonyl (C=O) groups is 1. The SMILES string of the molecule is CCOC(=O)CS(=O)(=O)NCC1(N)CCCCCC1. The topological polar surface area (TPSA) is 98.5 Å². The number of rotatable bonds is 6. The minimum absolute atomic E-state index is 0.176. The molecule has 0 saturated heterocycles. The maximum Gasteiger partial charge on any atom is 0.322 e. The number of hydrogen-bond acceptors (Lipinski definition) is 5. The lowest BCUT2D eigenvalue weighted by Gasteiger charge is -2.28. The molecular formula is C12H24N2O4S. The van der Waals surface area contributed by atoms with E-state index in [4.69, 9.17) is 5.73 Å². The molecule has 0 aromatic heterocycles. The van der Waals surface area contributed by atoms with Gasteiger partial charge in [0.1, 0.15) is 0 Å². The highest BCUT2D eigenvalue weighted by molar-refractivity contribution is 7.90. The Hall–Kier alpha value is -0.660. The highest BCUT2D eigenvalue weighted by atomic mass is 32.2. The third kappa shape index (κ3) is 6.35. The molecule has 0 atom stereocenters. The van der Waals surface area contributed by atoms with E-state index in [1.807, 2.05) is 0 Å². The van der Waals surface area contributed by atoms with Gasteiger partial charge in [0.2, 0.25) is 10.0 Å². The second-order valence-electron chi connectivity index (χ2n) is 5.16. The van der Waals surface area contributed by atoms with Crippen LogP contribution in [0.5, 0.6) is 0 Å². The van der Waals surface area contributed by atoms with Crippen molar-refractivity contribution in [2.45, 2.75) is 51.0 Å². The van der Waals surface area contributed by atoms with Crippen molar-refractivity contribution < 1.29 is 17.9 Å². The third-order valence-electron chi connectivity index (χ3n) is 3.36. The lowest BCUT2D eigenvalue weighted by Crippen LogP contribution is -2.50. The molecule has 7 heteroatoms. The van der Waals surface area contributed by atoms with Crippen molar-refractivity contribution in [3.05, 3.63) is 0 Å². The molecule has 1 saturated carbocycles. The number of nitrogens with one attached hydrogen (secondary N) is 1. The van der Waals surface area contributed by atoms with E-state index < -0.39 is 27.3 Å². The molecule has 0 aromatic carbocycles. The standard InChI is InChI=1S/C12H24N2O4S/c1-2-18-11(15)9-19(16,17)14-10-12(13)7-5-3-4-6-8-12/h14H,2-10,13H2,1H3. The molecule has 19 heavy (non-hydrogen) atoms. The van der Waals surface area contributed by atoms with Gasteiger partial charge in [0.15, 0.2) is 5.75 Å². The highest BCUT2D eigenvalue weighted by Crippen LogP contribution is 2.24. The summed E-state index contributed by atoms with van der Waals surface area (Å²) in [7, 11) is -3.66. The van der Waals surface area contributed by atoms with E-state index in [1.54, 1.807) is 6.92 Å². The fourth-order valence-electron chi connectivity index (χ4n) is 2.27. The Morgan fingerprint density at radius 3 is 2.37 bits per heavy atom. The monoisotopic (exact) mass is 292 g/mol. The summed E-state index contributed by atoms with van der Waals surface area (Å²) in [4.78, 5) is 11.2. The van der Waals surface area contributed by atoms with Crippen molar-refractivity contribution in [3.63, 3.8) is 0 Å². The van der Waals surface area contributed by atoms with Crippen molar-refractivity contribution in [3.8, 4) is 0 Å². The number of esters is 1. The molecule has 0 aliphatic heterocycles. The minimum atomic E-state index is -3.66. The summed E-state index contributed by atoms with van der Waals surface area (Å²) in [6.07, 6.45) is 5.97. The smallest absolute Gasteiger partial charge is 0.322 e. The lowest BCUT2D eigenvalue weighted by atomic mass is 9.92. The Labute approximate surface area is 115 Å². The summed E-state index contributed by atoms with van der Waals surface area (Å²) in [6, 6.07) is 0. The van der Waals surface area contributed by atoms with Crippen molar-refractivity contribution in [1.29, 1.82) is 0 Å². The zero-order valence-electron chi connectivity index (χ0n) is 11.5. The van der Waals surface area contributed by atoms with Crippen molar-refractivity contribution in [2.75, 3.05) is 18.9 Å². The molecule has 1 rings (SSSR count). The Bertz CT molecular complexity index is 387. The Balaban J connectivity index is 2.47. The van der Waals surface area contributed by atoms with E-state index in [1.165, 1.54) is 0 Å². The molecule has 0 spiro atoms. The second-order valence-corrected chi connectivity index (χ2v) is 6.97. The van der Waals surface area contributed by atoms with Gasteiger partial charge in [-0.1, -0.05) is 25.7 Å². The van der Waals surface area contributed by atoms with Gasteiger partial charge in [-0.05, 0) is 19.8 Å². The summed E-state index contributed by atoms with van der Waals surface area (Å²) in [6.45, 7) is 2.00. The molecular weight excluding hydrogens is 268 g/mol. The van der Waals surface area contributed by atoms with Gasteiger partial charge in [-0.25, -0.2) is 13.1 Å². The maximum atomic E-state index is 11.7. The number of ether oxygens (including phenoxy) is 1. The normalized spacial score (nSPS) is 19.7. The van der Waals surface area contributed by atoms with E-state index in [9.17, 15) is 13.2 Å². The average Bonchev–Trinajstić information content (AvgIpc) is 2.52. The first-order valence-electron chi connectivity index (χ1n) is 6.79. The highest BCUT2D eigenvalue weighted by Gasteiger charge is 2.28. The minimum Gasteiger partial charge on any atom is -0.465 e. The zero-order valence-corrected chi connectivity index (χ0v) is 12.3. The van der Waals surface area contributed by atoms with Gasteiger partial charge in [-0.3, -0.25) is 4.79 Å². The number of hydrogen-bond donors (Lipinski definition) is 2. The summed E-state index contributed by atoms with van der Waals surface area (Å²) in [5, 5.41) is 0. The van der Waals surface area contributed by atoms with Crippen molar-refractivity contribution in [1.82, 2.24) is 4.72 Å². The molecule has 0 heterocycles. The van der Waals surface area contributed by atoms with E-state index in [2.05, 4.69) is 9.46 Å². The fourth-order valence-corrected chi connectivity index (χ4v) is 3.28. The summed E-state index contributed by atoms with van der Waals surface area (Å²) >= 11 is 0. The molecule has 3 N–H and O–H groups in total. The van der Waals surface area contributed by atoms with Crippen LogP contribution in [0.2, 0.25) is 0 Å². The van der Waals surface area contributed by atoms with E-state index in [0.717, 1.165) is 38.5 Å². The van der Waals surface area contributed by atoms with E-state index in [-0.39, 0.29) is 13.2 Å². The van der Waals surface area contributed by atoms with Crippen LogP contribution in [0.1, 0.15) is 45.4 Å². The number of nitrogens with two attached hydrogens (primary N) is 1.